The predicted molar refractivity (Wildman–Crippen MR) is 106 cm³/mol. The third kappa shape index (κ3) is 3.60. The summed E-state index contributed by atoms with van der Waals surface area (Å²) in [5, 5.41) is 1.12. The van der Waals surface area contributed by atoms with Crippen LogP contribution in [-0.2, 0) is 20.9 Å². The van der Waals surface area contributed by atoms with Crippen LogP contribution in [0, 0.1) is 12.8 Å². The summed E-state index contributed by atoms with van der Waals surface area (Å²) in [6.45, 7) is 3.05. The number of carbonyl (C=O) groups is 2. The molecule has 3 heterocycles. The van der Waals surface area contributed by atoms with Crippen LogP contribution in [0.1, 0.15) is 11.1 Å². The molecule has 28 heavy (non-hydrogen) atoms. The number of aromatic nitrogens is 1. The first-order valence-electron chi connectivity index (χ1n) is 8.99. The van der Waals surface area contributed by atoms with Crippen molar-refractivity contribution in [3.63, 3.8) is 0 Å². The van der Waals surface area contributed by atoms with Crippen LogP contribution >= 0.6 is 23.2 Å². The lowest BCUT2D eigenvalue weighted by Gasteiger charge is -2.45. The average molecular weight is 420 g/mol. The van der Waals surface area contributed by atoms with E-state index in [0.29, 0.717) is 35.6 Å². The quantitative estimate of drug-likeness (QED) is 0.763. The molecule has 0 saturated carbocycles. The Labute approximate surface area is 173 Å². The second-order valence-electron chi connectivity index (χ2n) is 7.11. The van der Waals surface area contributed by atoms with Gasteiger partial charge in [-0.05, 0) is 36.2 Å². The molecule has 1 atom stereocenters. The molecule has 4 rings (SSSR count). The van der Waals surface area contributed by atoms with Crippen molar-refractivity contribution in [1.29, 1.82) is 0 Å². The molecular weight excluding hydrogens is 401 g/mol. The van der Waals surface area contributed by atoms with E-state index in [0.717, 1.165) is 11.1 Å². The number of amides is 2. The minimum absolute atomic E-state index is 0.0286. The summed E-state index contributed by atoms with van der Waals surface area (Å²) in [4.78, 5) is 33.8. The van der Waals surface area contributed by atoms with Crippen molar-refractivity contribution in [3.05, 3.63) is 57.7 Å². The number of rotatable bonds is 4. The molecule has 0 unspecified atom stereocenters. The summed E-state index contributed by atoms with van der Waals surface area (Å²) in [7, 11) is 0. The number of pyridine rings is 1. The predicted octanol–water partition coefficient (Wildman–Crippen LogP) is 3.09. The Kier molecular flexibility index (Phi) is 5.27. The van der Waals surface area contributed by atoms with E-state index in [1.807, 2.05) is 19.1 Å². The monoisotopic (exact) mass is 419 g/mol. The molecule has 2 aliphatic rings. The standard InChI is InChI=1S/C20H19Cl2N3O3/c1-12-6-16(22)7-23-19(12)25-9-17(26)24(8-13-2-4-15(21)5-3-13)18(20(25)27)14-10-28-11-14/h2-7,14,18H,8-11H2,1H3/t18-/m1/s1. The zero-order valence-corrected chi connectivity index (χ0v) is 16.8. The zero-order valence-electron chi connectivity index (χ0n) is 15.3. The first-order valence-corrected chi connectivity index (χ1v) is 9.75. The summed E-state index contributed by atoms with van der Waals surface area (Å²) in [6.07, 6.45) is 1.49. The van der Waals surface area contributed by atoms with Crippen molar-refractivity contribution < 1.29 is 14.3 Å². The Balaban J connectivity index is 1.65. The van der Waals surface area contributed by atoms with Gasteiger partial charge in [0, 0.05) is 23.7 Å². The molecule has 0 spiro atoms. The molecule has 8 heteroatoms. The largest absolute Gasteiger partial charge is 0.380 e. The Bertz CT molecular complexity index is 915. The van der Waals surface area contributed by atoms with Crippen LogP contribution in [0.25, 0.3) is 0 Å². The second kappa shape index (κ2) is 7.70. The number of aryl methyl sites for hydroxylation is 1. The summed E-state index contributed by atoms with van der Waals surface area (Å²) in [5.41, 5.74) is 1.67. The first-order chi connectivity index (χ1) is 13.4. The molecule has 2 amide bonds. The minimum atomic E-state index is -0.581. The van der Waals surface area contributed by atoms with Crippen LogP contribution in [0.3, 0.4) is 0 Å². The van der Waals surface area contributed by atoms with Gasteiger partial charge in [0.1, 0.15) is 18.4 Å². The van der Waals surface area contributed by atoms with Crippen LogP contribution < -0.4 is 4.90 Å². The smallest absolute Gasteiger partial charge is 0.251 e. The van der Waals surface area contributed by atoms with Gasteiger partial charge in [0.15, 0.2) is 0 Å². The Morgan fingerprint density at radius 3 is 2.46 bits per heavy atom. The molecule has 1 aromatic heterocycles. The molecule has 146 valence electrons. The van der Waals surface area contributed by atoms with Gasteiger partial charge in [-0.25, -0.2) is 4.98 Å². The number of carbonyl (C=O) groups excluding carboxylic acids is 2. The third-order valence-electron chi connectivity index (χ3n) is 5.12. The number of halogens is 2. The fourth-order valence-corrected chi connectivity index (χ4v) is 3.95. The van der Waals surface area contributed by atoms with E-state index < -0.39 is 6.04 Å². The number of ether oxygens (including phenoxy) is 1. The van der Waals surface area contributed by atoms with E-state index in [-0.39, 0.29) is 24.3 Å². The van der Waals surface area contributed by atoms with E-state index in [1.165, 1.54) is 11.1 Å². The molecule has 6 nitrogen and oxygen atoms in total. The van der Waals surface area contributed by atoms with Crippen molar-refractivity contribution in [2.75, 3.05) is 24.7 Å². The van der Waals surface area contributed by atoms with Gasteiger partial charge in [0.2, 0.25) is 5.91 Å². The maximum Gasteiger partial charge on any atom is 0.251 e. The highest BCUT2D eigenvalue weighted by Crippen LogP contribution is 2.30. The van der Waals surface area contributed by atoms with Gasteiger partial charge >= 0.3 is 0 Å². The van der Waals surface area contributed by atoms with Crippen molar-refractivity contribution in [1.82, 2.24) is 9.88 Å². The summed E-state index contributed by atoms with van der Waals surface area (Å²) < 4.78 is 5.31. The maximum atomic E-state index is 13.4. The average Bonchev–Trinajstić information content (AvgIpc) is 2.61. The molecule has 1 aromatic carbocycles. The van der Waals surface area contributed by atoms with E-state index in [1.54, 1.807) is 23.1 Å². The van der Waals surface area contributed by atoms with Gasteiger partial charge in [-0.2, -0.15) is 0 Å². The van der Waals surface area contributed by atoms with E-state index in [4.69, 9.17) is 27.9 Å². The molecule has 2 saturated heterocycles. The van der Waals surface area contributed by atoms with Crippen LogP contribution in [0.15, 0.2) is 36.5 Å². The molecule has 0 radical (unpaired) electrons. The van der Waals surface area contributed by atoms with Crippen LogP contribution in [-0.4, -0.2) is 47.5 Å². The molecule has 2 aliphatic heterocycles. The molecule has 0 aliphatic carbocycles. The Morgan fingerprint density at radius 1 is 1.14 bits per heavy atom. The fourth-order valence-electron chi connectivity index (χ4n) is 3.61. The third-order valence-corrected chi connectivity index (χ3v) is 5.58. The molecule has 2 aromatic rings. The van der Waals surface area contributed by atoms with Crippen molar-refractivity contribution in [2.45, 2.75) is 19.5 Å². The number of anilines is 1. The maximum absolute atomic E-state index is 13.4. The molecular formula is C20H19Cl2N3O3. The van der Waals surface area contributed by atoms with Crippen LogP contribution in [0.4, 0.5) is 5.82 Å². The summed E-state index contributed by atoms with van der Waals surface area (Å²) in [6, 6.07) is 8.45. The lowest BCUT2D eigenvalue weighted by Crippen LogP contribution is -2.65. The van der Waals surface area contributed by atoms with Gasteiger partial charge in [-0.15, -0.1) is 0 Å². The number of hydrogen-bond donors (Lipinski definition) is 0. The highest BCUT2D eigenvalue weighted by Gasteiger charge is 2.47. The lowest BCUT2D eigenvalue weighted by atomic mass is 9.92. The van der Waals surface area contributed by atoms with Gasteiger partial charge in [0.05, 0.1) is 18.2 Å². The summed E-state index contributed by atoms with van der Waals surface area (Å²) >= 11 is 11.9. The molecule has 2 fully saturated rings. The Hall–Kier alpha value is -2.15. The second-order valence-corrected chi connectivity index (χ2v) is 7.98. The SMILES string of the molecule is Cc1cc(Cl)cnc1N1CC(=O)N(Cc2ccc(Cl)cc2)[C@H](C2COC2)C1=O. The van der Waals surface area contributed by atoms with Gasteiger partial charge < -0.3 is 9.64 Å². The number of benzene rings is 1. The summed E-state index contributed by atoms with van der Waals surface area (Å²) in [5.74, 6) is 0.181. The molecule has 0 N–H and O–H groups in total. The molecule has 0 bridgehead atoms. The van der Waals surface area contributed by atoms with E-state index >= 15 is 0 Å². The Morgan fingerprint density at radius 2 is 1.86 bits per heavy atom. The van der Waals surface area contributed by atoms with Crippen molar-refractivity contribution in [3.8, 4) is 0 Å². The number of piperazine rings is 1. The van der Waals surface area contributed by atoms with Crippen molar-refractivity contribution in [2.24, 2.45) is 5.92 Å². The highest BCUT2D eigenvalue weighted by molar-refractivity contribution is 6.30. The van der Waals surface area contributed by atoms with Gasteiger partial charge in [-0.1, -0.05) is 35.3 Å². The highest BCUT2D eigenvalue weighted by atomic mass is 35.5. The first kappa shape index (κ1) is 19.2. The zero-order chi connectivity index (χ0) is 19.8. The topological polar surface area (TPSA) is 62.7 Å². The number of nitrogens with zero attached hydrogens (tertiary/aromatic N) is 3. The fraction of sp³-hybridized carbons (Fsp3) is 0.350. The number of hydrogen-bond acceptors (Lipinski definition) is 4. The van der Waals surface area contributed by atoms with Crippen LogP contribution in [0.2, 0.25) is 10.0 Å². The van der Waals surface area contributed by atoms with Crippen molar-refractivity contribution >= 4 is 40.8 Å². The van der Waals surface area contributed by atoms with Crippen LogP contribution in [0.5, 0.6) is 0 Å². The van der Waals surface area contributed by atoms with Gasteiger partial charge in [0.25, 0.3) is 5.91 Å². The van der Waals surface area contributed by atoms with E-state index in [2.05, 4.69) is 4.98 Å². The normalized spacial score (nSPS) is 20.5. The minimum Gasteiger partial charge on any atom is -0.380 e. The lowest BCUT2D eigenvalue weighted by molar-refractivity contribution is -0.155. The van der Waals surface area contributed by atoms with Gasteiger partial charge in [-0.3, -0.25) is 14.5 Å². The van der Waals surface area contributed by atoms with E-state index in [9.17, 15) is 9.59 Å².